The number of esters is 2. The van der Waals surface area contributed by atoms with Crippen molar-refractivity contribution in [3.63, 3.8) is 0 Å². The number of hydrogen-bond donors (Lipinski definition) is 2. The minimum Gasteiger partial charge on any atom is -0.756 e. The van der Waals surface area contributed by atoms with Crippen LogP contribution in [-0.4, -0.2) is 98.2 Å². The summed E-state index contributed by atoms with van der Waals surface area (Å²) in [5, 5.41) is 20.8. The van der Waals surface area contributed by atoms with Crippen LogP contribution in [0, 0.1) is 25.7 Å². The number of carbonyl (C=O) groups is 3. The highest BCUT2D eigenvalue weighted by atomic mass is 31.2. The summed E-state index contributed by atoms with van der Waals surface area (Å²) in [6.45, 7) is 7.93. The Kier molecular flexibility index (Phi) is 25.7. The first-order chi connectivity index (χ1) is 28.5. The number of hydrogen-bond acceptors (Lipinski definition) is 12. The van der Waals surface area contributed by atoms with Gasteiger partial charge in [-0.3, -0.25) is 18.9 Å². The third-order valence-corrected chi connectivity index (χ3v) is 12.0. The minimum absolute atomic E-state index is 0.0241. The number of rotatable bonds is 33. The number of aliphatic hydroxyl groups excluding tert-OH is 2. The molecule has 1 saturated carbocycles. The Bertz CT molecular complexity index is 1510. The van der Waals surface area contributed by atoms with Crippen LogP contribution < -0.4 is 4.89 Å². The van der Waals surface area contributed by atoms with Gasteiger partial charge in [-0.15, -0.1) is 0 Å². The van der Waals surface area contributed by atoms with Gasteiger partial charge in [-0.2, -0.15) is 0 Å². The lowest BCUT2D eigenvalue weighted by molar-refractivity contribution is -0.870. The lowest BCUT2D eigenvalue weighted by Crippen LogP contribution is -2.37. The molecule has 1 aromatic rings. The van der Waals surface area contributed by atoms with Crippen LogP contribution in [-0.2, 0) is 50.3 Å². The highest BCUT2D eigenvalue weighted by Gasteiger charge is 2.39. The van der Waals surface area contributed by atoms with Gasteiger partial charge in [0, 0.05) is 43.9 Å². The van der Waals surface area contributed by atoms with Crippen molar-refractivity contribution in [2.45, 2.75) is 168 Å². The van der Waals surface area contributed by atoms with Crippen LogP contribution in [0.3, 0.4) is 0 Å². The fraction of sp³-hybridized carbons (Fsp3) is 0.761. The molecule has 0 bridgehead atoms. The van der Waals surface area contributed by atoms with E-state index in [1.165, 1.54) is 11.1 Å². The number of ether oxygens (including phenoxy) is 2. The predicted octanol–water partition coefficient (Wildman–Crippen LogP) is 7.97. The van der Waals surface area contributed by atoms with Gasteiger partial charge in [-0.05, 0) is 69.9 Å². The Labute approximate surface area is 360 Å². The molecule has 0 aliphatic heterocycles. The molecule has 2 N–H and O–H groups in total. The van der Waals surface area contributed by atoms with Gasteiger partial charge in [0.25, 0.3) is 7.82 Å². The van der Waals surface area contributed by atoms with Crippen molar-refractivity contribution in [2.75, 3.05) is 47.5 Å². The van der Waals surface area contributed by atoms with Crippen LogP contribution in [0.25, 0.3) is 0 Å². The Balaban J connectivity index is 1.79. The number of aliphatic hydroxyl groups is 2. The molecular formula is C46H78NO12P. The zero-order chi connectivity index (χ0) is 44.6. The Morgan fingerprint density at radius 1 is 0.883 bits per heavy atom. The third-order valence-electron chi connectivity index (χ3n) is 11.0. The van der Waals surface area contributed by atoms with E-state index in [-0.39, 0.29) is 44.2 Å². The van der Waals surface area contributed by atoms with Gasteiger partial charge < -0.3 is 42.5 Å². The number of phosphoric acid groups is 1. The summed E-state index contributed by atoms with van der Waals surface area (Å²) >= 11 is 0. The topological polar surface area (TPSA) is 182 Å². The Morgan fingerprint density at radius 2 is 1.55 bits per heavy atom. The molecule has 2 rings (SSSR count). The summed E-state index contributed by atoms with van der Waals surface area (Å²) < 4.78 is 40.0. The number of unbranched alkanes of at least 4 members (excludes halogenated alkanes) is 8. The number of likely N-dealkylation sites (N-methyl/N-ethyl adjacent to an activating group) is 1. The number of ketones is 1. The lowest BCUT2D eigenvalue weighted by atomic mass is 9.90. The summed E-state index contributed by atoms with van der Waals surface area (Å²) in [6, 6.07) is 0. The number of carbonyl (C=O) groups excluding carboxylic acids is 3. The van der Waals surface area contributed by atoms with Gasteiger partial charge in [0.1, 0.15) is 37.1 Å². The second-order valence-corrected chi connectivity index (χ2v) is 18.8. The highest BCUT2D eigenvalue weighted by Crippen LogP contribution is 2.38. The molecule has 14 heteroatoms. The minimum atomic E-state index is -4.71. The van der Waals surface area contributed by atoms with Gasteiger partial charge in [0.2, 0.25) is 0 Å². The summed E-state index contributed by atoms with van der Waals surface area (Å²) in [7, 11) is 0.973. The molecule has 60 heavy (non-hydrogen) atoms. The highest BCUT2D eigenvalue weighted by molar-refractivity contribution is 7.45. The van der Waals surface area contributed by atoms with E-state index in [4.69, 9.17) is 22.9 Å². The molecule has 1 aliphatic rings. The van der Waals surface area contributed by atoms with Gasteiger partial charge in [0.15, 0.2) is 6.10 Å². The molecule has 1 aromatic heterocycles. The summed E-state index contributed by atoms with van der Waals surface area (Å²) in [5.74, 6) is 0.353. The zero-order valence-electron chi connectivity index (χ0n) is 37.8. The van der Waals surface area contributed by atoms with E-state index in [2.05, 4.69) is 27.7 Å². The maximum absolute atomic E-state index is 12.8. The number of allylic oxidation sites excluding steroid dienone is 3. The molecule has 0 aromatic carbocycles. The average Bonchev–Trinajstić information content (AvgIpc) is 3.60. The second-order valence-electron chi connectivity index (χ2n) is 17.4. The van der Waals surface area contributed by atoms with Crippen LogP contribution in [0.4, 0.5) is 0 Å². The number of phosphoric ester groups is 1. The zero-order valence-corrected chi connectivity index (χ0v) is 38.7. The van der Waals surface area contributed by atoms with Crippen molar-refractivity contribution in [2.24, 2.45) is 11.8 Å². The van der Waals surface area contributed by atoms with Crippen molar-refractivity contribution < 1.29 is 61.5 Å². The SMILES string of the molecule is CCCCC[C@H](O)/C=C/[C@H]1C(=O)C[C@H](O)[C@@H]1C/C=C\CCCC(=O)O[C@H](COC(=O)CCCCCCCCc1oc(CCC)c(C)c1C)COP(=O)([O-])OCC[N+](C)(C)C. The van der Waals surface area contributed by atoms with Crippen molar-refractivity contribution in [3.8, 4) is 0 Å². The summed E-state index contributed by atoms with van der Waals surface area (Å²) in [5.41, 5.74) is 2.54. The van der Waals surface area contributed by atoms with Gasteiger partial charge in [-0.25, -0.2) is 0 Å². The van der Waals surface area contributed by atoms with Gasteiger partial charge in [0.05, 0.1) is 40.0 Å². The molecular weight excluding hydrogens is 789 g/mol. The van der Waals surface area contributed by atoms with Crippen molar-refractivity contribution >= 4 is 25.5 Å². The Hall–Kier alpha value is -2.64. The van der Waals surface area contributed by atoms with Crippen molar-refractivity contribution in [3.05, 3.63) is 47.0 Å². The lowest BCUT2D eigenvalue weighted by Gasteiger charge is -2.28. The van der Waals surface area contributed by atoms with E-state index >= 15 is 0 Å². The third kappa shape index (κ3) is 22.5. The molecule has 344 valence electrons. The Morgan fingerprint density at radius 3 is 2.23 bits per heavy atom. The number of furan rings is 1. The van der Waals surface area contributed by atoms with Crippen LogP contribution in [0.1, 0.15) is 146 Å². The predicted molar refractivity (Wildman–Crippen MR) is 231 cm³/mol. The molecule has 6 atom stereocenters. The monoisotopic (exact) mass is 868 g/mol. The van der Waals surface area contributed by atoms with Crippen LogP contribution >= 0.6 is 7.82 Å². The first-order valence-corrected chi connectivity index (χ1v) is 24.0. The maximum Gasteiger partial charge on any atom is 0.306 e. The fourth-order valence-corrected chi connectivity index (χ4v) is 7.88. The first kappa shape index (κ1) is 53.5. The first-order valence-electron chi connectivity index (χ1n) is 22.5. The number of quaternary nitrogens is 1. The average molecular weight is 868 g/mol. The van der Waals surface area contributed by atoms with E-state index < -0.39 is 50.6 Å². The number of Topliss-reactive ketones (excluding diaryl/α,β-unsaturated/α-hetero) is 1. The van der Waals surface area contributed by atoms with Gasteiger partial charge in [-0.1, -0.05) is 83.1 Å². The van der Waals surface area contributed by atoms with E-state index in [9.17, 15) is 34.1 Å². The standard InChI is InChI=1S/C46H78NO12P/c1-8-10-17-23-37(48)28-29-40-39(41(49)32-42(40)50)24-18-15-16-21-27-46(52)58-38(34-57-60(53,54)56-31-30-47(5,6)7)33-55-45(51)26-20-14-12-11-13-19-25-44-36(4)35(3)43(59-44)22-9-2/h15,18,28-29,37-41,48-49H,8-14,16-17,19-27,30-34H2,1-7H3/b18-15-,29-28+/t37-,38+,39+,40+,41-/m0/s1. The van der Waals surface area contributed by atoms with E-state index in [0.29, 0.717) is 43.1 Å². The normalized spacial score (nSPS) is 19.3. The molecule has 0 amide bonds. The number of aryl methyl sites for hydroxylation is 2. The van der Waals surface area contributed by atoms with Crippen LogP contribution in [0.5, 0.6) is 0 Å². The second kappa shape index (κ2) is 28.9. The summed E-state index contributed by atoms with van der Waals surface area (Å²) in [6.07, 6.45) is 18.7. The quantitative estimate of drug-likeness (QED) is 0.0229. The number of nitrogens with zero attached hydrogens (tertiary/aromatic N) is 1. The molecule has 13 nitrogen and oxygen atoms in total. The van der Waals surface area contributed by atoms with Crippen LogP contribution in [0.15, 0.2) is 28.7 Å². The largest absolute Gasteiger partial charge is 0.756 e. The van der Waals surface area contributed by atoms with Gasteiger partial charge >= 0.3 is 11.9 Å². The van der Waals surface area contributed by atoms with E-state index in [0.717, 1.165) is 82.1 Å². The van der Waals surface area contributed by atoms with Crippen molar-refractivity contribution in [1.29, 1.82) is 0 Å². The molecule has 0 radical (unpaired) electrons. The fourth-order valence-electron chi connectivity index (χ4n) is 7.15. The van der Waals surface area contributed by atoms with E-state index in [1.807, 2.05) is 33.3 Å². The summed E-state index contributed by atoms with van der Waals surface area (Å²) in [4.78, 5) is 50.4. The smallest absolute Gasteiger partial charge is 0.306 e. The molecule has 0 spiro atoms. The van der Waals surface area contributed by atoms with Crippen LogP contribution in [0.2, 0.25) is 0 Å². The maximum atomic E-state index is 12.8. The molecule has 0 saturated heterocycles. The van der Waals surface area contributed by atoms with E-state index in [1.54, 1.807) is 12.2 Å². The van der Waals surface area contributed by atoms with Crippen molar-refractivity contribution in [1.82, 2.24) is 0 Å². The molecule has 1 aliphatic carbocycles. The molecule has 1 fully saturated rings. The molecule has 1 heterocycles. The molecule has 1 unspecified atom stereocenters.